The van der Waals surface area contributed by atoms with Gasteiger partial charge in [-0.3, -0.25) is 9.89 Å². The number of likely N-dealkylation sites (tertiary alicyclic amines) is 2. The largest absolute Gasteiger partial charge is 0.497 e. The van der Waals surface area contributed by atoms with Gasteiger partial charge in [-0.2, -0.15) is 0 Å². The number of piperidine rings is 1. The van der Waals surface area contributed by atoms with Gasteiger partial charge in [-0.1, -0.05) is 18.6 Å². The molecule has 2 atom stereocenters. The second-order valence-electron chi connectivity index (χ2n) is 8.14. The van der Waals surface area contributed by atoms with Gasteiger partial charge in [0.05, 0.1) is 13.2 Å². The van der Waals surface area contributed by atoms with Crippen molar-refractivity contribution in [2.24, 2.45) is 10.9 Å². The summed E-state index contributed by atoms with van der Waals surface area (Å²) < 4.78 is 5.34. The van der Waals surface area contributed by atoms with Crippen molar-refractivity contribution in [3.8, 4) is 5.75 Å². The van der Waals surface area contributed by atoms with E-state index in [1.165, 1.54) is 57.4 Å². The zero-order valence-electron chi connectivity index (χ0n) is 17.8. The van der Waals surface area contributed by atoms with Gasteiger partial charge in [-0.25, -0.2) is 0 Å². The predicted octanol–water partition coefficient (Wildman–Crippen LogP) is 2.34. The van der Waals surface area contributed by atoms with Crippen LogP contribution in [0.5, 0.6) is 5.75 Å². The second-order valence-corrected chi connectivity index (χ2v) is 8.14. The second kappa shape index (κ2) is 10.7. The van der Waals surface area contributed by atoms with Gasteiger partial charge >= 0.3 is 0 Å². The molecular formula is C22H37N5O. The van der Waals surface area contributed by atoms with Crippen LogP contribution < -0.4 is 15.4 Å². The Bertz CT molecular complexity index is 612. The number of hydrogen-bond acceptors (Lipinski definition) is 4. The first-order chi connectivity index (χ1) is 13.7. The molecule has 156 valence electrons. The van der Waals surface area contributed by atoms with Gasteiger partial charge in [-0.05, 0) is 69.6 Å². The molecule has 28 heavy (non-hydrogen) atoms. The van der Waals surface area contributed by atoms with Crippen LogP contribution in [-0.2, 0) is 0 Å². The Morgan fingerprint density at radius 1 is 1.14 bits per heavy atom. The number of rotatable bonds is 7. The first-order valence-electron chi connectivity index (χ1n) is 10.7. The van der Waals surface area contributed by atoms with Crippen LogP contribution in [0.15, 0.2) is 29.3 Å². The number of hydrogen-bond donors (Lipinski definition) is 2. The van der Waals surface area contributed by atoms with Crippen molar-refractivity contribution in [1.29, 1.82) is 0 Å². The molecule has 2 fully saturated rings. The van der Waals surface area contributed by atoms with Crippen LogP contribution in [0.25, 0.3) is 0 Å². The number of aliphatic imine (C=N–C) groups is 1. The summed E-state index contributed by atoms with van der Waals surface area (Å²) in [5.74, 6) is 2.53. The lowest BCUT2D eigenvalue weighted by Crippen LogP contribution is -2.45. The number of methoxy groups -OCH3 is 1. The lowest BCUT2D eigenvalue weighted by Gasteiger charge is -2.35. The molecule has 2 N–H and O–H groups in total. The van der Waals surface area contributed by atoms with Crippen LogP contribution in [0.1, 0.15) is 37.3 Å². The molecule has 0 aliphatic carbocycles. The molecule has 3 rings (SSSR count). The van der Waals surface area contributed by atoms with E-state index < -0.39 is 0 Å². The maximum Gasteiger partial charge on any atom is 0.191 e. The standard InChI is InChI=1S/C22H37N5O/c1-23-22(24-15-18-11-14-26(2)17-18)25-16-21(27-12-5-4-6-13-27)19-7-9-20(28-3)10-8-19/h7-10,18,21H,4-6,11-17H2,1-3H3,(H2,23,24,25). The van der Waals surface area contributed by atoms with Gasteiger partial charge in [0.1, 0.15) is 5.75 Å². The fourth-order valence-corrected chi connectivity index (χ4v) is 4.36. The molecule has 0 saturated carbocycles. The summed E-state index contributed by atoms with van der Waals surface area (Å²) in [5.41, 5.74) is 1.34. The number of nitrogens with zero attached hydrogens (tertiary/aromatic N) is 3. The van der Waals surface area contributed by atoms with Gasteiger partial charge in [-0.15, -0.1) is 0 Å². The first kappa shape index (κ1) is 20.9. The molecule has 6 heteroatoms. The third-order valence-electron chi connectivity index (χ3n) is 6.07. The van der Waals surface area contributed by atoms with Crippen molar-refractivity contribution in [2.75, 3.05) is 60.5 Å². The Hall–Kier alpha value is -1.79. The molecule has 0 spiro atoms. The highest BCUT2D eigenvalue weighted by Crippen LogP contribution is 2.25. The molecule has 2 aliphatic heterocycles. The average Bonchev–Trinajstić information content (AvgIpc) is 3.16. The van der Waals surface area contributed by atoms with Crippen molar-refractivity contribution in [1.82, 2.24) is 20.4 Å². The molecule has 2 unspecified atom stereocenters. The SMILES string of the molecule is CN=C(NCC1CCN(C)C1)NCC(c1ccc(OC)cc1)N1CCCCC1. The lowest BCUT2D eigenvalue weighted by atomic mass is 10.0. The van der Waals surface area contributed by atoms with Gasteiger partial charge in [0.15, 0.2) is 5.96 Å². The van der Waals surface area contributed by atoms with E-state index in [2.05, 4.69) is 56.7 Å². The van der Waals surface area contributed by atoms with E-state index in [0.29, 0.717) is 12.0 Å². The van der Waals surface area contributed by atoms with E-state index in [1.54, 1.807) is 7.11 Å². The zero-order chi connectivity index (χ0) is 19.8. The number of guanidine groups is 1. The molecule has 1 aromatic carbocycles. The fourth-order valence-electron chi connectivity index (χ4n) is 4.36. The molecule has 2 heterocycles. The van der Waals surface area contributed by atoms with E-state index in [9.17, 15) is 0 Å². The minimum absolute atomic E-state index is 0.349. The van der Waals surface area contributed by atoms with E-state index >= 15 is 0 Å². The molecule has 2 saturated heterocycles. The predicted molar refractivity (Wildman–Crippen MR) is 116 cm³/mol. The number of benzene rings is 1. The zero-order valence-corrected chi connectivity index (χ0v) is 17.8. The molecule has 0 aromatic heterocycles. The highest BCUT2D eigenvalue weighted by Gasteiger charge is 2.23. The van der Waals surface area contributed by atoms with Crippen LogP contribution in [0, 0.1) is 5.92 Å². The Kier molecular flexibility index (Phi) is 7.98. The minimum Gasteiger partial charge on any atom is -0.497 e. The van der Waals surface area contributed by atoms with Crippen LogP contribution >= 0.6 is 0 Å². The average molecular weight is 388 g/mol. The van der Waals surface area contributed by atoms with Crippen molar-refractivity contribution in [3.63, 3.8) is 0 Å². The monoisotopic (exact) mass is 387 g/mol. The summed E-state index contributed by atoms with van der Waals surface area (Å²) in [4.78, 5) is 9.46. The third kappa shape index (κ3) is 5.85. The van der Waals surface area contributed by atoms with E-state index in [-0.39, 0.29) is 0 Å². The quantitative estimate of drug-likeness (QED) is 0.556. The van der Waals surface area contributed by atoms with Crippen LogP contribution in [0.4, 0.5) is 0 Å². The smallest absolute Gasteiger partial charge is 0.191 e. The molecule has 2 aliphatic rings. The molecular weight excluding hydrogens is 350 g/mol. The summed E-state index contributed by atoms with van der Waals surface area (Å²) in [6.45, 7) is 6.55. The van der Waals surface area contributed by atoms with E-state index in [1.807, 2.05) is 7.05 Å². The molecule has 1 aromatic rings. The summed E-state index contributed by atoms with van der Waals surface area (Å²) >= 11 is 0. The molecule has 0 amide bonds. The highest BCUT2D eigenvalue weighted by molar-refractivity contribution is 5.79. The first-order valence-corrected chi connectivity index (χ1v) is 10.7. The molecule has 0 bridgehead atoms. The Balaban J connectivity index is 1.59. The molecule has 6 nitrogen and oxygen atoms in total. The van der Waals surface area contributed by atoms with Crippen molar-refractivity contribution < 1.29 is 4.74 Å². The third-order valence-corrected chi connectivity index (χ3v) is 6.07. The van der Waals surface area contributed by atoms with Gasteiger partial charge in [0, 0.05) is 26.7 Å². The van der Waals surface area contributed by atoms with Crippen LogP contribution in [-0.4, -0.2) is 76.2 Å². The summed E-state index contributed by atoms with van der Waals surface area (Å²) in [6, 6.07) is 8.88. The van der Waals surface area contributed by atoms with E-state index in [0.717, 1.165) is 24.8 Å². The highest BCUT2D eigenvalue weighted by atomic mass is 16.5. The van der Waals surface area contributed by atoms with Gasteiger partial charge in [0.2, 0.25) is 0 Å². The van der Waals surface area contributed by atoms with Crippen molar-refractivity contribution in [3.05, 3.63) is 29.8 Å². The minimum atomic E-state index is 0.349. The normalized spacial score (nSPS) is 22.8. The van der Waals surface area contributed by atoms with Gasteiger partial charge < -0.3 is 20.3 Å². The summed E-state index contributed by atoms with van der Waals surface area (Å²) in [7, 11) is 5.78. The number of ether oxygens (including phenoxy) is 1. The number of nitrogens with one attached hydrogen (secondary N) is 2. The van der Waals surface area contributed by atoms with Crippen molar-refractivity contribution >= 4 is 5.96 Å². The summed E-state index contributed by atoms with van der Waals surface area (Å²) in [6.07, 6.45) is 5.19. The Labute approximate surface area is 170 Å². The van der Waals surface area contributed by atoms with E-state index in [4.69, 9.17) is 4.74 Å². The molecule has 0 radical (unpaired) electrons. The topological polar surface area (TPSA) is 52.1 Å². The Morgan fingerprint density at radius 2 is 1.89 bits per heavy atom. The summed E-state index contributed by atoms with van der Waals surface area (Å²) in [5, 5.41) is 7.12. The Morgan fingerprint density at radius 3 is 2.50 bits per heavy atom. The van der Waals surface area contributed by atoms with Crippen LogP contribution in [0.2, 0.25) is 0 Å². The fraction of sp³-hybridized carbons (Fsp3) is 0.682. The van der Waals surface area contributed by atoms with Crippen molar-refractivity contribution in [2.45, 2.75) is 31.7 Å². The van der Waals surface area contributed by atoms with Crippen LogP contribution in [0.3, 0.4) is 0 Å². The maximum absolute atomic E-state index is 5.34. The lowest BCUT2D eigenvalue weighted by molar-refractivity contribution is 0.164. The maximum atomic E-state index is 5.34. The van der Waals surface area contributed by atoms with Gasteiger partial charge in [0.25, 0.3) is 0 Å².